The minimum atomic E-state index is -1.15. The molecule has 0 bridgehead atoms. The van der Waals surface area contributed by atoms with Gasteiger partial charge in [0.2, 0.25) is 0 Å². The van der Waals surface area contributed by atoms with Crippen molar-refractivity contribution >= 4 is 45.7 Å². The van der Waals surface area contributed by atoms with Crippen molar-refractivity contribution in [2.24, 2.45) is 5.10 Å². The van der Waals surface area contributed by atoms with Gasteiger partial charge in [-0.15, -0.1) is 0 Å². The first-order valence-corrected chi connectivity index (χ1v) is 13.3. The van der Waals surface area contributed by atoms with Gasteiger partial charge in [0.05, 0.1) is 41.0 Å². The van der Waals surface area contributed by atoms with Crippen molar-refractivity contribution in [3.63, 3.8) is 0 Å². The normalized spacial score (nSPS) is 15.7. The predicted molar refractivity (Wildman–Crippen MR) is 154 cm³/mol. The van der Waals surface area contributed by atoms with Crippen molar-refractivity contribution in [2.75, 3.05) is 26.9 Å². The molecule has 4 N–H and O–H groups in total. The van der Waals surface area contributed by atoms with Gasteiger partial charge in [-0.25, -0.2) is 9.59 Å². The van der Waals surface area contributed by atoms with E-state index in [0.29, 0.717) is 56.8 Å². The zero-order chi connectivity index (χ0) is 29.2. The fourth-order valence-corrected chi connectivity index (χ4v) is 4.74. The Morgan fingerprint density at radius 1 is 1.27 bits per heavy atom. The maximum Gasteiger partial charge on any atom is 0.337 e. The van der Waals surface area contributed by atoms with Gasteiger partial charge >= 0.3 is 12.0 Å². The van der Waals surface area contributed by atoms with Crippen LogP contribution < -0.4 is 30.3 Å². The van der Waals surface area contributed by atoms with E-state index in [9.17, 15) is 14.7 Å². The molecule has 2 aromatic rings. The smallest absolute Gasteiger partial charge is 0.337 e. The summed E-state index contributed by atoms with van der Waals surface area (Å²) in [5.41, 5.74) is 4.49. The van der Waals surface area contributed by atoms with Crippen molar-refractivity contribution < 1.29 is 33.6 Å². The molecule has 0 aliphatic carbocycles. The predicted octanol–water partition coefficient (Wildman–Crippen LogP) is 4.19. The summed E-state index contributed by atoms with van der Waals surface area (Å²) in [6.45, 7) is 7.52. The van der Waals surface area contributed by atoms with Crippen LogP contribution in [0.2, 0.25) is 5.02 Å². The zero-order valence-electron chi connectivity index (χ0n) is 22.1. The second-order valence-electron chi connectivity index (χ2n) is 8.33. The monoisotopic (exact) mass is 636 g/mol. The number of aliphatic hydroxyl groups is 1. The third-order valence-corrected chi connectivity index (χ3v) is 6.35. The summed E-state index contributed by atoms with van der Waals surface area (Å²) < 4.78 is 22.5. The minimum absolute atomic E-state index is 0.161. The molecule has 2 atom stereocenters. The second-order valence-corrected chi connectivity index (χ2v) is 9.59. The molecule has 0 saturated carbocycles. The molecule has 11 nitrogen and oxygen atoms in total. The van der Waals surface area contributed by atoms with Crippen molar-refractivity contribution in [1.82, 2.24) is 16.1 Å². The summed E-state index contributed by atoms with van der Waals surface area (Å²) in [4.78, 5) is 24.5. The molecule has 1 aliphatic heterocycles. The molecular formula is C27H30BrClN4O7. The van der Waals surface area contributed by atoms with Crippen LogP contribution in [0.5, 0.6) is 17.2 Å². The number of hydrazone groups is 1. The summed E-state index contributed by atoms with van der Waals surface area (Å²) in [6, 6.07) is 7.20. The summed E-state index contributed by atoms with van der Waals surface area (Å²) in [5, 5.41) is 20.1. The highest BCUT2D eigenvalue weighted by molar-refractivity contribution is 9.10. The van der Waals surface area contributed by atoms with E-state index in [2.05, 4.69) is 43.7 Å². The van der Waals surface area contributed by atoms with Gasteiger partial charge in [0.1, 0.15) is 13.2 Å². The van der Waals surface area contributed by atoms with Crippen LogP contribution in [0.1, 0.15) is 31.0 Å². The standard InChI is InChI=1S/C27H30BrClN4O7/c1-5-9-39-25-18(28)10-16(11-19(25)29)13-30-33-22(34)14-40-20-8-7-17(12-21(20)38-6-2)24-23(26(35)37-4)15(3)31-27(36)32-24/h5,7-8,10-13,22,24,33-34H,1,6,9,14H2,2-4H3,(H2,31,32,36)/b30-13-/t22-,24+/m0/s1. The Bertz CT molecular complexity index is 1290. The molecule has 214 valence electrons. The van der Waals surface area contributed by atoms with Crippen molar-refractivity contribution in [3.05, 3.63) is 74.9 Å². The number of benzene rings is 2. The number of ether oxygens (including phenoxy) is 4. The first kappa shape index (κ1) is 30.8. The van der Waals surface area contributed by atoms with Gasteiger partial charge < -0.3 is 34.7 Å². The fraction of sp³-hybridized carbons (Fsp3) is 0.296. The van der Waals surface area contributed by atoms with Gasteiger partial charge in [-0.3, -0.25) is 5.43 Å². The average molecular weight is 638 g/mol. The Labute approximate surface area is 245 Å². The van der Waals surface area contributed by atoms with Crippen molar-refractivity contribution in [1.29, 1.82) is 0 Å². The third-order valence-electron chi connectivity index (χ3n) is 5.48. The number of esters is 1. The molecule has 0 saturated heterocycles. The maximum absolute atomic E-state index is 12.4. The molecular weight excluding hydrogens is 608 g/mol. The van der Waals surface area contributed by atoms with Gasteiger partial charge in [0.25, 0.3) is 0 Å². The lowest BCUT2D eigenvalue weighted by Gasteiger charge is -2.28. The maximum atomic E-state index is 12.4. The van der Waals surface area contributed by atoms with Gasteiger partial charge in [0, 0.05) is 5.70 Å². The highest BCUT2D eigenvalue weighted by Crippen LogP contribution is 2.35. The molecule has 2 amide bonds. The number of halogens is 2. The van der Waals surface area contributed by atoms with E-state index in [1.807, 2.05) is 0 Å². The van der Waals surface area contributed by atoms with Crippen LogP contribution in [0.3, 0.4) is 0 Å². The van der Waals surface area contributed by atoms with E-state index in [-0.39, 0.29) is 12.2 Å². The van der Waals surface area contributed by atoms with E-state index in [1.165, 1.54) is 13.3 Å². The number of allylic oxidation sites excluding steroid dienone is 1. The molecule has 0 fully saturated rings. The van der Waals surface area contributed by atoms with Gasteiger partial charge in [-0.05, 0) is 65.2 Å². The quantitative estimate of drug-likeness (QED) is 0.0843. The molecule has 0 radical (unpaired) electrons. The second kappa shape index (κ2) is 14.6. The number of nitrogens with one attached hydrogen (secondary N) is 3. The van der Waals surface area contributed by atoms with E-state index >= 15 is 0 Å². The lowest BCUT2D eigenvalue weighted by atomic mass is 9.95. The minimum Gasteiger partial charge on any atom is -0.490 e. The van der Waals surface area contributed by atoms with E-state index < -0.39 is 24.3 Å². The molecule has 0 unspecified atom stereocenters. The highest BCUT2D eigenvalue weighted by Gasteiger charge is 2.32. The molecule has 1 heterocycles. The SMILES string of the molecule is C=CCOc1c(Cl)cc(/C=N\N[C@@H](O)COc2ccc([C@H]3NC(=O)NC(C)=C3C(=O)OC)cc2OCC)cc1Br. The van der Waals surface area contributed by atoms with Gasteiger partial charge in [-0.1, -0.05) is 30.3 Å². The van der Waals surface area contributed by atoms with E-state index in [0.717, 1.165) is 0 Å². The van der Waals surface area contributed by atoms with E-state index in [1.54, 1.807) is 50.3 Å². The number of amides is 2. The number of methoxy groups -OCH3 is 1. The average Bonchev–Trinajstić information content (AvgIpc) is 2.91. The van der Waals surface area contributed by atoms with E-state index in [4.69, 9.17) is 30.5 Å². The lowest BCUT2D eigenvalue weighted by Crippen LogP contribution is -2.45. The third kappa shape index (κ3) is 7.90. The largest absolute Gasteiger partial charge is 0.490 e. The van der Waals surface area contributed by atoms with Crippen molar-refractivity contribution in [3.8, 4) is 17.2 Å². The summed E-state index contributed by atoms with van der Waals surface area (Å²) in [6.07, 6.45) is 1.95. The number of urea groups is 1. The Morgan fingerprint density at radius 2 is 2.05 bits per heavy atom. The van der Waals surface area contributed by atoms with Crippen LogP contribution in [0, 0.1) is 0 Å². The van der Waals surface area contributed by atoms with Gasteiger partial charge in [0.15, 0.2) is 23.5 Å². The Morgan fingerprint density at radius 3 is 2.73 bits per heavy atom. The number of hydrogen-bond acceptors (Lipinski definition) is 9. The summed E-state index contributed by atoms with van der Waals surface area (Å²) >= 11 is 9.69. The number of nitrogens with zero attached hydrogens (tertiary/aromatic N) is 1. The fourth-order valence-electron chi connectivity index (χ4n) is 3.75. The number of carbonyl (C=O) groups excluding carboxylic acids is 2. The molecule has 0 spiro atoms. The van der Waals surface area contributed by atoms with Crippen molar-refractivity contribution in [2.45, 2.75) is 26.1 Å². The summed E-state index contributed by atoms with van der Waals surface area (Å²) in [7, 11) is 1.27. The first-order chi connectivity index (χ1) is 19.2. The topological polar surface area (TPSA) is 140 Å². The molecule has 3 rings (SSSR count). The Balaban J connectivity index is 1.68. The molecule has 0 aromatic heterocycles. The van der Waals surface area contributed by atoms with Gasteiger partial charge in [-0.2, -0.15) is 5.10 Å². The number of hydrogen-bond donors (Lipinski definition) is 4. The number of aliphatic hydroxyl groups excluding tert-OH is 1. The van der Waals surface area contributed by atoms with Crippen LogP contribution in [0.4, 0.5) is 4.79 Å². The molecule has 13 heteroatoms. The van der Waals surface area contributed by atoms with Crippen LogP contribution in [0.15, 0.2) is 63.8 Å². The van der Waals surface area contributed by atoms with Crippen LogP contribution in [-0.4, -0.2) is 56.5 Å². The highest BCUT2D eigenvalue weighted by atomic mass is 79.9. The first-order valence-electron chi connectivity index (χ1n) is 12.1. The molecule has 40 heavy (non-hydrogen) atoms. The lowest BCUT2D eigenvalue weighted by molar-refractivity contribution is -0.136. The van der Waals surface area contributed by atoms with Crippen LogP contribution in [0.25, 0.3) is 0 Å². The zero-order valence-corrected chi connectivity index (χ0v) is 24.5. The Hall–Kier alpha value is -3.74. The molecule has 2 aromatic carbocycles. The number of rotatable bonds is 13. The number of carbonyl (C=O) groups is 2. The van der Waals surface area contributed by atoms with Crippen LogP contribution >= 0.6 is 27.5 Å². The Kier molecular flexibility index (Phi) is 11.2. The summed E-state index contributed by atoms with van der Waals surface area (Å²) in [5.74, 6) is 0.631. The molecule has 1 aliphatic rings. The van der Waals surface area contributed by atoms with Crippen LogP contribution in [-0.2, 0) is 9.53 Å².